The summed E-state index contributed by atoms with van der Waals surface area (Å²) in [6.45, 7) is 14.1. The van der Waals surface area contributed by atoms with Gasteiger partial charge in [-0.1, -0.05) is 49.5 Å². The van der Waals surface area contributed by atoms with Gasteiger partial charge in [0.25, 0.3) is 0 Å². The molecule has 0 aliphatic heterocycles. The maximum Gasteiger partial charge on any atom is 3.00 e. The first-order valence-corrected chi connectivity index (χ1v) is 5.79. The van der Waals surface area contributed by atoms with Crippen LogP contribution < -0.4 is 37.2 Å². The minimum absolute atomic E-state index is 0. The van der Waals surface area contributed by atoms with Crippen LogP contribution in [-0.2, 0) is 22.4 Å². The summed E-state index contributed by atoms with van der Waals surface area (Å²) in [7, 11) is 0.262. The molecule has 0 aromatic rings. The minimum Gasteiger partial charge on any atom is -1.00 e. The largest absolute Gasteiger partial charge is 3.00 e. The predicted molar refractivity (Wildman–Crippen MR) is 52.3 cm³/mol. The van der Waals surface area contributed by atoms with Crippen LogP contribution in [-0.4, -0.2) is 17.0 Å². The molecule has 0 aromatic heterocycles. The number of rotatable bonds is 3. The summed E-state index contributed by atoms with van der Waals surface area (Å²) in [5.74, 6) is 0. The summed E-state index contributed by atoms with van der Waals surface area (Å²) in [5.41, 5.74) is 2.69. The summed E-state index contributed by atoms with van der Waals surface area (Å²) in [6.07, 6.45) is 0. The molecule has 14 heavy (non-hydrogen) atoms. The third kappa shape index (κ3) is 12.1. The molecule has 0 unspecified atom stereocenters. The first kappa shape index (κ1) is 29.8. The van der Waals surface area contributed by atoms with Crippen LogP contribution in [0.1, 0.15) is 41.5 Å². The van der Waals surface area contributed by atoms with Crippen LogP contribution in [0.15, 0.2) is 0 Å². The second-order valence-corrected chi connectivity index (χ2v) is 7.72. The molecular weight excluding hydrogens is 442 g/mol. The maximum absolute atomic E-state index is 2.35. The Kier molecular flexibility index (Phi) is 32.0. The fraction of sp³-hybridized carbons (Fsp3) is 1.00. The summed E-state index contributed by atoms with van der Waals surface area (Å²) in [6, 6.07) is 0. The standard InChI is InChI=1S/C9H21P.Au.3ClH/c1-7(2)10(8(3)4)9(5)6;;;;/h7-9H,1-6H3;;3*1H/q;+3;;;/p-3. The molecule has 0 heterocycles. The molecule has 5 heteroatoms. The van der Waals surface area contributed by atoms with Crippen molar-refractivity contribution in [1.29, 1.82) is 0 Å². The maximum atomic E-state index is 2.35. The molecule has 0 N–H and O–H groups in total. The van der Waals surface area contributed by atoms with Gasteiger partial charge in [-0.15, -0.1) is 0 Å². The van der Waals surface area contributed by atoms with Crippen molar-refractivity contribution < 1.29 is 59.6 Å². The zero-order valence-electron chi connectivity index (χ0n) is 9.61. The molecule has 0 fully saturated rings. The zero-order valence-corrected chi connectivity index (χ0v) is 14.9. The van der Waals surface area contributed by atoms with Crippen molar-refractivity contribution in [3.05, 3.63) is 0 Å². The number of hydrogen-bond acceptors (Lipinski definition) is 0. The third-order valence-electron chi connectivity index (χ3n) is 1.79. The Morgan fingerprint density at radius 2 is 0.714 bits per heavy atom. The van der Waals surface area contributed by atoms with Gasteiger partial charge in [-0.2, -0.15) is 0 Å². The molecular formula is C9H21AuCl3P. The van der Waals surface area contributed by atoms with Crippen molar-refractivity contribution in [2.24, 2.45) is 0 Å². The monoisotopic (exact) mass is 462 g/mol. The molecule has 0 aromatic carbocycles. The summed E-state index contributed by atoms with van der Waals surface area (Å²) in [4.78, 5) is 0. The van der Waals surface area contributed by atoms with Crippen molar-refractivity contribution in [3.63, 3.8) is 0 Å². The molecule has 0 nitrogen and oxygen atoms in total. The molecule has 0 amide bonds. The Labute approximate surface area is 125 Å². The van der Waals surface area contributed by atoms with Crippen molar-refractivity contribution in [2.45, 2.75) is 58.5 Å². The Bertz CT molecular complexity index is 81.0. The number of hydrogen-bond donors (Lipinski definition) is 0. The van der Waals surface area contributed by atoms with Gasteiger partial charge in [0.2, 0.25) is 0 Å². The normalized spacial score (nSPS) is 9.00. The zero-order chi connectivity index (χ0) is 8.31. The molecule has 0 aliphatic carbocycles. The number of halogens is 3. The van der Waals surface area contributed by atoms with E-state index in [0.29, 0.717) is 0 Å². The van der Waals surface area contributed by atoms with Crippen molar-refractivity contribution >= 4 is 7.92 Å². The van der Waals surface area contributed by atoms with Crippen molar-refractivity contribution in [1.82, 2.24) is 0 Å². The Balaban J connectivity index is -0.0000000675. The van der Waals surface area contributed by atoms with Crippen LogP contribution in [0.25, 0.3) is 0 Å². The van der Waals surface area contributed by atoms with Gasteiger partial charge in [0.15, 0.2) is 0 Å². The van der Waals surface area contributed by atoms with E-state index in [1.54, 1.807) is 0 Å². The quantitative estimate of drug-likeness (QED) is 0.290. The van der Waals surface area contributed by atoms with Crippen molar-refractivity contribution in [2.75, 3.05) is 0 Å². The Hall–Kier alpha value is 2.04. The van der Waals surface area contributed by atoms with E-state index in [2.05, 4.69) is 41.5 Å². The van der Waals surface area contributed by atoms with E-state index in [1.165, 1.54) is 0 Å². The molecule has 0 bridgehead atoms. The second kappa shape index (κ2) is 15.0. The van der Waals surface area contributed by atoms with Gasteiger partial charge < -0.3 is 37.2 Å². The van der Waals surface area contributed by atoms with Gasteiger partial charge in [-0.25, -0.2) is 0 Å². The van der Waals surface area contributed by atoms with Crippen LogP contribution in [0.4, 0.5) is 0 Å². The first-order valence-electron chi connectivity index (χ1n) is 4.24. The second-order valence-electron chi connectivity index (χ2n) is 3.73. The molecule has 0 radical (unpaired) electrons. The molecule has 0 saturated heterocycles. The van der Waals surface area contributed by atoms with Gasteiger partial charge >= 0.3 is 22.4 Å². The van der Waals surface area contributed by atoms with E-state index >= 15 is 0 Å². The van der Waals surface area contributed by atoms with Gasteiger partial charge in [-0.05, 0) is 17.0 Å². The van der Waals surface area contributed by atoms with Crippen LogP contribution in [0, 0.1) is 0 Å². The van der Waals surface area contributed by atoms with Gasteiger partial charge in [0, 0.05) is 0 Å². The van der Waals surface area contributed by atoms with Gasteiger partial charge in [0.1, 0.15) is 0 Å². The van der Waals surface area contributed by atoms with Gasteiger partial charge in [0.05, 0.1) is 0 Å². The van der Waals surface area contributed by atoms with E-state index < -0.39 is 0 Å². The molecule has 94 valence electrons. The predicted octanol–water partition coefficient (Wildman–Crippen LogP) is -5.30. The summed E-state index contributed by atoms with van der Waals surface area (Å²) in [5, 5.41) is 0. The third-order valence-corrected chi connectivity index (χ3v) is 5.37. The van der Waals surface area contributed by atoms with E-state index in [1.807, 2.05) is 0 Å². The average Bonchev–Trinajstić information content (AvgIpc) is 1.59. The smallest absolute Gasteiger partial charge is 1.00 e. The van der Waals surface area contributed by atoms with E-state index in [4.69, 9.17) is 0 Å². The fourth-order valence-electron chi connectivity index (χ4n) is 1.79. The average molecular weight is 464 g/mol. The summed E-state index contributed by atoms with van der Waals surface area (Å²) < 4.78 is 0. The topological polar surface area (TPSA) is 0 Å². The fourth-order valence-corrected chi connectivity index (χ4v) is 5.37. The first-order chi connectivity index (χ1) is 4.46. The Morgan fingerprint density at radius 3 is 0.714 bits per heavy atom. The van der Waals surface area contributed by atoms with Gasteiger partial charge in [-0.3, -0.25) is 0 Å². The SMILES string of the molecule is CC(C)P(C(C)C)C(C)C.[Au+3].[Cl-].[Cl-].[Cl-]. The molecule has 0 saturated carbocycles. The van der Waals surface area contributed by atoms with Crippen LogP contribution >= 0.6 is 7.92 Å². The molecule has 0 spiro atoms. The van der Waals surface area contributed by atoms with Crippen LogP contribution in [0.2, 0.25) is 0 Å². The van der Waals surface area contributed by atoms with Crippen LogP contribution in [0.3, 0.4) is 0 Å². The molecule has 0 atom stereocenters. The van der Waals surface area contributed by atoms with E-state index in [0.717, 1.165) is 17.0 Å². The Morgan fingerprint density at radius 1 is 0.571 bits per heavy atom. The van der Waals surface area contributed by atoms with E-state index in [-0.39, 0.29) is 67.5 Å². The molecule has 0 rings (SSSR count). The summed E-state index contributed by atoms with van der Waals surface area (Å²) >= 11 is 0. The minimum atomic E-state index is 0. The van der Waals surface area contributed by atoms with E-state index in [9.17, 15) is 0 Å². The van der Waals surface area contributed by atoms with Crippen LogP contribution in [0.5, 0.6) is 0 Å². The van der Waals surface area contributed by atoms with Crippen molar-refractivity contribution in [3.8, 4) is 0 Å². The molecule has 0 aliphatic rings.